The lowest BCUT2D eigenvalue weighted by atomic mass is 9.62. The Morgan fingerprint density at radius 2 is 1.86 bits per heavy atom. The summed E-state index contributed by atoms with van der Waals surface area (Å²) < 4.78 is 36.9. The van der Waals surface area contributed by atoms with Gasteiger partial charge in [0.2, 0.25) is 5.78 Å². The maximum absolute atomic E-state index is 15.4. The number of halogens is 2. The standard InChI is InChI=1S/C24H34F2O3/c1-6-7-8-9-12-22(2,3)19-14-18-20(21(28)24(19,25)26)16-13-15(27)10-11-17(16)23(4,5)29-18/h14,16-17H,6-13H2,1-5H3/t16-,17-/m1/s1. The Labute approximate surface area is 173 Å². The normalized spacial score (nSPS) is 28.4. The van der Waals surface area contributed by atoms with Crippen LogP contribution in [0.3, 0.4) is 0 Å². The number of Topliss-reactive ketones (excluding diaryl/α,β-unsaturated/α-hetero) is 2. The van der Waals surface area contributed by atoms with E-state index in [1.165, 1.54) is 6.08 Å². The molecule has 1 fully saturated rings. The maximum Gasteiger partial charge on any atom is 0.331 e. The topological polar surface area (TPSA) is 43.4 Å². The second-order valence-corrected chi connectivity index (χ2v) is 10.1. The number of alkyl halides is 2. The molecule has 0 aromatic rings. The molecule has 0 radical (unpaired) electrons. The highest BCUT2D eigenvalue weighted by Gasteiger charge is 2.58. The number of rotatable bonds is 6. The maximum atomic E-state index is 15.4. The van der Waals surface area contributed by atoms with Crippen molar-refractivity contribution in [3.8, 4) is 0 Å². The van der Waals surface area contributed by atoms with Crippen molar-refractivity contribution in [2.75, 3.05) is 0 Å². The fourth-order valence-corrected chi connectivity index (χ4v) is 5.39. The van der Waals surface area contributed by atoms with E-state index in [1.807, 2.05) is 13.8 Å². The zero-order valence-electron chi connectivity index (χ0n) is 18.4. The molecule has 29 heavy (non-hydrogen) atoms. The first-order valence-corrected chi connectivity index (χ1v) is 11.0. The van der Waals surface area contributed by atoms with E-state index in [0.29, 0.717) is 19.3 Å². The van der Waals surface area contributed by atoms with Crippen molar-refractivity contribution in [2.45, 2.75) is 97.5 Å². The molecule has 5 heteroatoms. The lowest BCUT2D eigenvalue weighted by Gasteiger charge is -2.49. The quantitative estimate of drug-likeness (QED) is 0.493. The molecule has 1 heterocycles. The van der Waals surface area contributed by atoms with Crippen molar-refractivity contribution in [3.05, 3.63) is 23.0 Å². The minimum atomic E-state index is -3.55. The average Bonchev–Trinajstić information content (AvgIpc) is 2.61. The Morgan fingerprint density at radius 3 is 2.52 bits per heavy atom. The molecule has 3 rings (SSSR count). The number of hydrogen-bond acceptors (Lipinski definition) is 3. The molecule has 0 aromatic carbocycles. The summed E-state index contributed by atoms with van der Waals surface area (Å²) in [6.07, 6.45) is 7.18. The van der Waals surface area contributed by atoms with E-state index in [4.69, 9.17) is 4.74 Å². The Balaban J connectivity index is 2.01. The van der Waals surface area contributed by atoms with Crippen LogP contribution in [0.25, 0.3) is 0 Å². The molecular formula is C24H34F2O3. The molecule has 1 saturated carbocycles. The van der Waals surface area contributed by atoms with Crippen LogP contribution in [0.5, 0.6) is 0 Å². The van der Waals surface area contributed by atoms with Crippen molar-refractivity contribution in [3.63, 3.8) is 0 Å². The van der Waals surface area contributed by atoms with Crippen molar-refractivity contribution < 1.29 is 23.1 Å². The van der Waals surface area contributed by atoms with E-state index in [1.54, 1.807) is 13.8 Å². The van der Waals surface area contributed by atoms with E-state index in [9.17, 15) is 9.59 Å². The molecule has 0 bridgehead atoms. The summed E-state index contributed by atoms with van der Waals surface area (Å²) in [7, 11) is 0. The van der Waals surface area contributed by atoms with E-state index >= 15 is 8.78 Å². The number of unbranched alkanes of at least 4 members (excludes halogenated alkanes) is 3. The summed E-state index contributed by atoms with van der Waals surface area (Å²) >= 11 is 0. The van der Waals surface area contributed by atoms with Crippen molar-refractivity contribution in [2.24, 2.45) is 17.3 Å². The minimum absolute atomic E-state index is 0.0397. The Hall–Kier alpha value is -1.52. The number of hydrogen-bond donors (Lipinski definition) is 0. The third kappa shape index (κ3) is 3.94. The van der Waals surface area contributed by atoms with Gasteiger partial charge in [0.25, 0.3) is 0 Å². The van der Waals surface area contributed by atoms with Gasteiger partial charge in [-0.15, -0.1) is 0 Å². The third-order valence-electron chi connectivity index (χ3n) is 7.10. The smallest absolute Gasteiger partial charge is 0.331 e. The van der Waals surface area contributed by atoms with E-state index in [0.717, 1.165) is 25.7 Å². The summed E-state index contributed by atoms with van der Waals surface area (Å²) in [6, 6.07) is 0. The van der Waals surface area contributed by atoms with E-state index in [2.05, 4.69) is 6.92 Å². The van der Waals surface area contributed by atoms with Crippen LogP contribution in [-0.2, 0) is 14.3 Å². The van der Waals surface area contributed by atoms with Crippen LogP contribution in [0.2, 0.25) is 0 Å². The predicted molar refractivity (Wildman–Crippen MR) is 109 cm³/mol. The highest BCUT2D eigenvalue weighted by molar-refractivity contribution is 6.06. The van der Waals surface area contributed by atoms with E-state index < -0.39 is 28.6 Å². The molecule has 1 aliphatic heterocycles. The summed E-state index contributed by atoms with van der Waals surface area (Å²) in [6.45, 7) is 9.56. The molecule has 0 saturated heterocycles. The predicted octanol–water partition coefficient (Wildman–Crippen LogP) is 6.18. The zero-order chi connectivity index (χ0) is 21.6. The van der Waals surface area contributed by atoms with Crippen molar-refractivity contribution in [1.29, 1.82) is 0 Å². The molecular weight excluding hydrogens is 374 g/mol. The van der Waals surface area contributed by atoms with Crippen LogP contribution in [-0.4, -0.2) is 23.1 Å². The highest BCUT2D eigenvalue weighted by atomic mass is 19.3. The van der Waals surface area contributed by atoms with Gasteiger partial charge in [-0.1, -0.05) is 46.5 Å². The largest absolute Gasteiger partial charge is 0.487 e. The van der Waals surface area contributed by atoms with Crippen LogP contribution >= 0.6 is 0 Å². The molecule has 3 aliphatic rings. The first-order valence-electron chi connectivity index (χ1n) is 11.0. The average molecular weight is 409 g/mol. The van der Waals surface area contributed by atoms with Gasteiger partial charge in [0.15, 0.2) is 0 Å². The number of carbonyl (C=O) groups excluding carboxylic acids is 2. The fraction of sp³-hybridized carbons (Fsp3) is 0.750. The second-order valence-electron chi connectivity index (χ2n) is 10.1. The number of carbonyl (C=O) groups is 2. The number of fused-ring (bicyclic) bond motifs is 2. The first-order chi connectivity index (χ1) is 13.4. The molecule has 3 nitrogen and oxygen atoms in total. The van der Waals surface area contributed by atoms with Crippen LogP contribution < -0.4 is 0 Å². The van der Waals surface area contributed by atoms with Gasteiger partial charge in [-0.05, 0) is 38.2 Å². The number of ether oxygens (including phenoxy) is 1. The molecule has 0 amide bonds. The van der Waals surface area contributed by atoms with Gasteiger partial charge in [0, 0.05) is 35.8 Å². The van der Waals surface area contributed by atoms with Crippen molar-refractivity contribution >= 4 is 11.6 Å². The number of allylic oxidation sites excluding steroid dienone is 3. The molecule has 2 atom stereocenters. The van der Waals surface area contributed by atoms with Crippen LogP contribution in [0.4, 0.5) is 8.78 Å². The van der Waals surface area contributed by atoms with E-state index in [-0.39, 0.29) is 35.0 Å². The SMILES string of the molecule is CCCCCCC(C)(C)C1=CC2=C(C(=O)C1(F)F)[C@@H]1CC(=O)CC[C@H]1C(C)(C)O2. The molecule has 162 valence electrons. The first kappa shape index (κ1) is 22.2. The summed E-state index contributed by atoms with van der Waals surface area (Å²) in [4.78, 5) is 25.1. The Bertz CT molecular complexity index is 758. The molecule has 0 spiro atoms. The van der Waals surface area contributed by atoms with Gasteiger partial charge in [0.1, 0.15) is 17.1 Å². The summed E-state index contributed by atoms with van der Waals surface area (Å²) in [5.41, 5.74) is -1.51. The lowest BCUT2D eigenvalue weighted by molar-refractivity contribution is -0.143. The van der Waals surface area contributed by atoms with Gasteiger partial charge in [-0.25, -0.2) is 0 Å². The van der Waals surface area contributed by atoms with Crippen molar-refractivity contribution in [1.82, 2.24) is 0 Å². The Morgan fingerprint density at radius 1 is 1.17 bits per heavy atom. The monoisotopic (exact) mass is 408 g/mol. The highest BCUT2D eigenvalue weighted by Crippen LogP contribution is 2.54. The summed E-state index contributed by atoms with van der Waals surface area (Å²) in [5, 5.41) is 0. The molecule has 0 unspecified atom stereocenters. The van der Waals surface area contributed by atoms with Gasteiger partial charge < -0.3 is 4.74 Å². The molecule has 0 aromatic heterocycles. The third-order valence-corrected chi connectivity index (χ3v) is 7.10. The van der Waals surface area contributed by atoms with Gasteiger partial charge in [-0.3, -0.25) is 9.59 Å². The van der Waals surface area contributed by atoms with Crippen LogP contribution in [0.1, 0.15) is 86.0 Å². The second kappa shape index (κ2) is 7.63. The van der Waals surface area contributed by atoms with Crippen LogP contribution in [0.15, 0.2) is 23.0 Å². The molecule has 2 aliphatic carbocycles. The lowest BCUT2D eigenvalue weighted by Crippen LogP contribution is -2.52. The summed E-state index contributed by atoms with van der Waals surface area (Å²) in [5.74, 6) is -4.99. The van der Waals surface area contributed by atoms with Gasteiger partial charge in [-0.2, -0.15) is 8.78 Å². The van der Waals surface area contributed by atoms with Crippen LogP contribution in [0, 0.1) is 17.3 Å². The minimum Gasteiger partial charge on any atom is -0.487 e. The van der Waals surface area contributed by atoms with Gasteiger partial charge >= 0.3 is 5.92 Å². The zero-order valence-corrected chi connectivity index (χ0v) is 18.4. The molecule has 0 N–H and O–H groups in total. The number of ketones is 2. The van der Waals surface area contributed by atoms with Gasteiger partial charge in [0.05, 0.1) is 0 Å². The fourth-order valence-electron chi connectivity index (χ4n) is 5.39. The Kier molecular flexibility index (Phi) is 5.83.